The normalized spacial score (nSPS) is 25.6. The Balaban J connectivity index is 0.971. The van der Waals surface area contributed by atoms with Crippen LogP contribution < -0.4 is 5.32 Å². The van der Waals surface area contributed by atoms with Gasteiger partial charge in [-0.2, -0.15) is 0 Å². The second-order valence-corrected chi connectivity index (χ2v) is 15.8. The Kier molecular flexibility index (Phi) is 9.56. The monoisotopic (exact) mass is 725 g/mol. The van der Waals surface area contributed by atoms with Crippen LogP contribution in [0, 0.1) is 11.2 Å². The number of hydrogen-bond donors (Lipinski definition) is 1. The fourth-order valence-electron chi connectivity index (χ4n) is 8.46. The minimum atomic E-state index is -3.06. The molecule has 1 aliphatic carbocycles. The Labute approximate surface area is 300 Å². The summed E-state index contributed by atoms with van der Waals surface area (Å²) in [4.78, 5) is 57.4. The summed E-state index contributed by atoms with van der Waals surface area (Å²) in [5.41, 5.74) is 3.77. The number of halogens is 4. The maximum Gasteiger partial charge on any atom is 0.275 e. The van der Waals surface area contributed by atoms with Crippen LogP contribution >= 0.6 is 11.6 Å². The number of fused-ring (bicyclic) bond motifs is 1. The van der Waals surface area contributed by atoms with Crippen molar-refractivity contribution in [2.45, 2.75) is 83.5 Å². The number of amides is 4. The standard InChI is InChI=1S/C38H43ClF3N5O4/c1-37(2)11-9-27(29(19-37)23-3-5-26(39)6-4-23)35(50)46-15-13-45(14-16-46)32-10-12-44(22-38(32,41)42)20-25-17-24-21-47(36(51)28(24)18-30(25)40)31-7-8-33(48)43-34(31)49/h3-6,17-18,31-32H,7-16,19-22H2,1-2H3,(H,43,48,49). The first-order valence-corrected chi connectivity index (χ1v) is 18.1. The van der Waals surface area contributed by atoms with Crippen LogP contribution in [0.15, 0.2) is 42.0 Å². The average Bonchev–Trinajstić information content (AvgIpc) is 3.38. The molecule has 3 saturated heterocycles. The lowest BCUT2D eigenvalue weighted by Gasteiger charge is -2.46. The maximum atomic E-state index is 15.8. The highest BCUT2D eigenvalue weighted by molar-refractivity contribution is 6.30. The molecule has 0 bridgehead atoms. The van der Waals surface area contributed by atoms with E-state index < -0.39 is 48.1 Å². The second kappa shape index (κ2) is 13.7. The van der Waals surface area contributed by atoms with Gasteiger partial charge in [0.05, 0.1) is 12.6 Å². The van der Waals surface area contributed by atoms with Crippen molar-refractivity contribution >= 4 is 40.8 Å². The zero-order valence-electron chi connectivity index (χ0n) is 29.0. The summed E-state index contributed by atoms with van der Waals surface area (Å²) in [6.45, 7) is 5.67. The number of carbonyl (C=O) groups is 4. The van der Waals surface area contributed by atoms with Gasteiger partial charge < -0.3 is 9.80 Å². The molecule has 9 nitrogen and oxygen atoms in total. The molecular weight excluding hydrogens is 683 g/mol. The van der Waals surface area contributed by atoms with Crippen LogP contribution in [-0.2, 0) is 27.5 Å². The molecule has 272 valence electrons. The molecule has 7 rings (SSSR count). The van der Waals surface area contributed by atoms with E-state index in [1.54, 1.807) is 14.7 Å². The highest BCUT2D eigenvalue weighted by Gasteiger charge is 2.48. The van der Waals surface area contributed by atoms with Crippen molar-refractivity contribution < 1.29 is 32.3 Å². The quantitative estimate of drug-likeness (QED) is 0.409. The molecule has 3 fully saturated rings. The Morgan fingerprint density at radius 2 is 1.71 bits per heavy atom. The Bertz CT molecular complexity index is 1790. The third kappa shape index (κ3) is 7.19. The maximum absolute atomic E-state index is 15.8. The summed E-state index contributed by atoms with van der Waals surface area (Å²) in [7, 11) is 0. The third-order valence-electron chi connectivity index (χ3n) is 11.3. The summed E-state index contributed by atoms with van der Waals surface area (Å²) < 4.78 is 46.9. The van der Waals surface area contributed by atoms with Crippen molar-refractivity contribution in [1.29, 1.82) is 0 Å². The van der Waals surface area contributed by atoms with Gasteiger partial charge in [-0.05, 0) is 78.5 Å². The van der Waals surface area contributed by atoms with Gasteiger partial charge in [-0.15, -0.1) is 0 Å². The number of carbonyl (C=O) groups excluding carboxylic acids is 4. The highest BCUT2D eigenvalue weighted by Crippen LogP contribution is 2.44. The van der Waals surface area contributed by atoms with Crippen molar-refractivity contribution in [1.82, 2.24) is 24.9 Å². The fourth-order valence-corrected chi connectivity index (χ4v) is 8.59. The summed E-state index contributed by atoms with van der Waals surface area (Å²) in [5.74, 6) is -5.17. The number of benzene rings is 2. The van der Waals surface area contributed by atoms with Crippen LogP contribution in [0.3, 0.4) is 0 Å². The van der Waals surface area contributed by atoms with E-state index >= 15 is 13.2 Å². The molecule has 5 aliphatic rings. The van der Waals surface area contributed by atoms with Gasteiger partial charge in [0, 0.05) is 74.0 Å². The number of nitrogens with one attached hydrogen (secondary N) is 1. The molecule has 0 saturated carbocycles. The third-order valence-corrected chi connectivity index (χ3v) is 11.5. The number of imide groups is 1. The summed E-state index contributed by atoms with van der Waals surface area (Å²) in [6.07, 6.45) is 2.82. The van der Waals surface area contributed by atoms with Crippen LogP contribution in [0.4, 0.5) is 13.2 Å². The molecule has 1 N–H and O–H groups in total. The molecule has 0 aromatic heterocycles. The lowest BCUT2D eigenvalue weighted by molar-refractivity contribution is -0.142. The average molecular weight is 726 g/mol. The van der Waals surface area contributed by atoms with E-state index in [4.69, 9.17) is 11.6 Å². The minimum Gasteiger partial charge on any atom is -0.336 e. The first-order chi connectivity index (χ1) is 24.2. The first-order valence-electron chi connectivity index (χ1n) is 17.8. The molecule has 2 unspecified atom stereocenters. The molecule has 2 aromatic carbocycles. The van der Waals surface area contributed by atoms with Crippen molar-refractivity contribution in [2.75, 3.05) is 39.3 Å². The molecular formula is C38H43ClF3N5O4. The van der Waals surface area contributed by atoms with Crippen LogP contribution in [0.2, 0.25) is 5.02 Å². The molecule has 0 radical (unpaired) electrons. The van der Waals surface area contributed by atoms with Gasteiger partial charge in [0.1, 0.15) is 11.9 Å². The molecule has 51 heavy (non-hydrogen) atoms. The van der Waals surface area contributed by atoms with Crippen LogP contribution in [-0.4, -0.2) is 101 Å². The largest absolute Gasteiger partial charge is 0.336 e. The van der Waals surface area contributed by atoms with E-state index in [1.807, 2.05) is 24.3 Å². The molecule has 0 spiro atoms. The number of piperazine rings is 1. The number of alkyl halides is 2. The van der Waals surface area contributed by atoms with Crippen LogP contribution in [0.1, 0.15) is 79.4 Å². The van der Waals surface area contributed by atoms with Gasteiger partial charge in [0.2, 0.25) is 17.7 Å². The Morgan fingerprint density at radius 1 is 0.980 bits per heavy atom. The van der Waals surface area contributed by atoms with E-state index in [-0.39, 0.29) is 54.8 Å². The first kappa shape index (κ1) is 35.7. The Morgan fingerprint density at radius 3 is 2.39 bits per heavy atom. The number of likely N-dealkylation sites (tertiary alicyclic amines) is 1. The van der Waals surface area contributed by atoms with E-state index in [1.165, 1.54) is 11.0 Å². The molecule has 2 atom stereocenters. The number of piperidine rings is 2. The zero-order chi connectivity index (χ0) is 36.2. The van der Waals surface area contributed by atoms with Crippen molar-refractivity contribution in [2.24, 2.45) is 5.41 Å². The summed E-state index contributed by atoms with van der Waals surface area (Å²) >= 11 is 6.14. The number of allylic oxidation sites excluding steroid dienone is 1. The van der Waals surface area contributed by atoms with Gasteiger partial charge in [-0.3, -0.25) is 34.3 Å². The minimum absolute atomic E-state index is 0.0185. The summed E-state index contributed by atoms with van der Waals surface area (Å²) in [6, 6.07) is 8.43. The van der Waals surface area contributed by atoms with E-state index in [0.717, 1.165) is 35.6 Å². The number of hydrogen-bond acceptors (Lipinski definition) is 6. The van der Waals surface area contributed by atoms with Crippen molar-refractivity contribution in [3.8, 4) is 0 Å². The Hall–Kier alpha value is -3.74. The fraction of sp³-hybridized carbons (Fsp3) is 0.526. The lowest BCUT2D eigenvalue weighted by Crippen LogP contribution is -2.62. The topological polar surface area (TPSA) is 93.3 Å². The van der Waals surface area contributed by atoms with E-state index in [9.17, 15) is 19.2 Å². The summed E-state index contributed by atoms with van der Waals surface area (Å²) in [5, 5.41) is 2.88. The predicted octanol–water partition coefficient (Wildman–Crippen LogP) is 5.26. The van der Waals surface area contributed by atoms with E-state index in [2.05, 4.69) is 19.2 Å². The van der Waals surface area contributed by atoms with Gasteiger partial charge in [0.15, 0.2) is 0 Å². The van der Waals surface area contributed by atoms with Gasteiger partial charge >= 0.3 is 0 Å². The highest BCUT2D eigenvalue weighted by atomic mass is 35.5. The number of rotatable bonds is 6. The lowest BCUT2D eigenvalue weighted by atomic mass is 9.72. The van der Waals surface area contributed by atoms with Gasteiger partial charge in [0.25, 0.3) is 11.8 Å². The molecule has 2 aromatic rings. The molecule has 13 heteroatoms. The SMILES string of the molecule is CC1(C)CCC(C(=O)N2CCN(C3CCN(Cc4cc5c(cc4F)C(=O)N(C4CCC(=O)NC4=O)C5)CC3(F)F)CC2)=C(c2ccc(Cl)cc2)C1. The molecule has 4 amide bonds. The van der Waals surface area contributed by atoms with Crippen LogP contribution in [0.25, 0.3) is 5.57 Å². The predicted molar refractivity (Wildman–Crippen MR) is 185 cm³/mol. The molecule has 4 aliphatic heterocycles. The van der Waals surface area contributed by atoms with Gasteiger partial charge in [-0.1, -0.05) is 37.6 Å². The van der Waals surface area contributed by atoms with Crippen molar-refractivity contribution in [3.05, 3.63) is 75.1 Å². The van der Waals surface area contributed by atoms with Crippen molar-refractivity contribution in [3.63, 3.8) is 0 Å². The zero-order valence-corrected chi connectivity index (χ0v) is 29.7. The number of nitrogens with zero attached hydrogens (tertiary/aromatic N) is 4. The van der Waals surface area contributed by atoms with Gasteiger partial charge in [-0.25, -0.2) is 13.2 Å². The van der Waals surface area contributed by atoms with Crippen LogP contribution in [0.5, 0.6) is 0 Å². The van der Waals surface area contributed by atoms with E-state index in [0.29, 0.717) is 49.7 Å². The molecule has 4 heterocycles. The second-order valence-electron chi connectivity index (χ2n) is 15.4. The smallest absolute Gasteiger partial charge is 0.275 e.